The number of ketones is 2. The van der Waals surface area contributed by atoms with Gasteiger partial charge in [0.15, 0.2) is 11.9 Å². The Balaban J connectivity index is 1.80. The van der Waals surface area contributed by atoms with E-state index in [1.54, 1.807) is 19.9 Å². The zero-order valence-corrected chi connectivity index (χ0v) is 15.1. The fourth-order valence-corrected chi connectivity index (χ4v) is 3.19. The Morgan fingerprint density at radius 3 is 2.38 bits per heavy atom. The van der Waals surface area contributed by atoms with Gasteiger partial charge in [0.25, 0.3) is 0 Å². The first-order valence-electron chi connectivity index (χ1n) is 8.32. The maximum Gasteiger partial charge on any atom is 0.355 e. The van der Waals surface area contributed by atoms with Crippen LogP contribution in [0.4, 0.5) is 0 Å². The molecule has 3 aromatic rings. The lowest BCUT2D eigenvalue weighted by Gasteiger charge is -2.11. The van der Waals surface area contributed by atoms with Crippen LogP contribution >= 0.6 is 0 Å². The molecule has 0 spiro atoms. The van der Waals surface area contributed by atoms with Gasteiger partial charge in [0.1, 0.15) is 5.69 Å². The number of para-hydroxylation sites is 1. The summed E-state index contributed by atoms with van der Waals surface area (Å²) in [5, 5.41) is 0.889. The normalized spacial score (nSPS) is 12.2. The SMILES string of the molecule is CC(=O)c1c(C)[nH]c(C(=O)C(C)OC(=O)c2cc3ccccc3[nH]2)c1C. The van der Waals surface area contributed by atoms with E-state index in [9.17, 15) is 14.4 Å². The number of fused-ring (bicyclic) bond motifs is 1. The maximum atomic E-state index is 12.7. The van der Waals surface area contributed by atoms with E-state index in [1.807, 2.05) is 24.3 Å². The number of carbonyl (C=O) groups excluding carboxylic acids is 3. The zero-order valence-electron chi connectivity index (χ0n) is 15.1. The van der Waals surface area contributed by atoms with Gasteiger partial charge in [-0.3, -0.25) is 9.59 Å². The molecule has 6 nitrogen and oxygen atoms in total. The van der Waals surface area contributed by atoms with E-state index < -0.39 is 12.1 Å². The molecule has 0 radical (unpaired) electrons. The van der Waals surface area contributed by atoms with Gasteiger partial charge in [0.2, 0.25) is 5.78 Å². The minimum absolute atomic E-state index is 0.113. The maximum absolute atomic E-state index is 12.7. The zero-order chi connectivity index (χ0) is 19.0. The number of rotatable bonds is 5. The van der Waals surface area contributed by atoms with Crippen molar-refractivity contribution in [3.05, 3.63) is 58.5 Å². The van der Waals surface area contributed by atoms with Crippen LogP contribution in [-0.2, 0) is 4.74 Å². The molecule has 134 valence electrons. The number of benzene rings is 1. The summed E-state index contributed by atoms with van der Waals surface area (Å²) in [4.78, 5) is 42.7. The van der Waals surface area contributed by atoms with E-state index in [-0.39, 0.29) is 17.3 Å². The first kappa shape index (κ1) is 17.7. The number of aryl methyl sites for hydroxylation is 1. The molecule has 0 aliphatic heterocycles. The van der Waals surface area contributed by atoms with Crippen LogP contribution in [0.1, 0.15) is 56.4 Å². The van der Waals surface area contributed by atoms with Crippen molar-refractivity contribution in [3.63, 3.8) is 0 Å². The number of hydrogen-bond donors (Lipinski definition) is 2. The number of esters is 1. The molecule has 2 N–H and O–H groups in total. The highest BCUT2D eigenvalue weighted by Crippen LogP contribution is 2.21. The number of aromatic nitrogens is 2. The average molecular weight is 352 g/mol. The molecule has 6 heteroatoms. The van der Waals surface area contributed by atoms with E-state index >= 15 is 0 Å². The van der Waals surface area contributed by atoms with Gasteiger partial charge >= 0.3 is 5.97 Å². The molecule has 1 atom stereocenters. The van der Waals surface area contributed by atoms with Crippen LogP contribution in [0.2, 0.25) is 0 Å². The van der Waals surface area contributed by atoms with Crippen molar-refractivity contribution in [1.82, 2.24) is 9.97 Å². The van der Waals surface area contributed by atoms with E-state index in [0.717, 1.165) is 10.9 Å². The Hall–Kier alpha value is -3.15. The highest BCUT2D eigenvalue weighted by molar-refractivity contribution is 6.05. The molecule has 26 heavy (non-hydrogen) atoms. The first-order chi connectivity index (χ1) is 12.3. The van der Waals surface area contributed by atoms with Crippen LogP contribution in [0.25, 0.3) is 10.9 Å². The fourth-order valence-electron chi connectivity index (χ4n) is 3.19. The second kappa shape index (κ2) is 6.63. The predicted octanol–water partition coefficient (Wildman–Crippen LogP) is 3.74. The van der Waals surface area contributed by atoms with Gasteiger partial charge < -0.3 is 14.7 Å². The van der Waals surface area contributed by atoms with Crippen LogP contribution in [0.5, 0.6) is 0 Å². The molecule has 0 amide bonds. The summed E-state index contributed by atoms with van der Waals surface area (Å²) in [5.41, 5.74) is 3.11. The van der Waals surface area contributed by atoms with Gasteiger partial charge in [0.05, 0.1) is 5.69 Å². The largest absolute Gasteiger partial charge is 0.450 e. The van der Waals surface area contributed by atoms with E-state index in [4.69, 9.17) is 4.74 Å². The van der Waals surface area contributed by atoms with Crippen molar-refractivity contribution < 1.29 is 19.1 Å². The smallest absolute Gasteiger partial charge is 0.355 e. The predicted molar refractivity (Wildman–Crippen MR) is 97.8 cm³/mol. The van der Waals surface area contributed by atoms with E-state index in [1.165, 1.54) is 13.8 Å². The third kappa shape index (κ3) is 3.06. The second-order valence-electron chi connectivity index (χ2n) is 6.36. The van der Waals surface area contributed by atoms with Gasteiger partial charge in [-0.1, -0.05) is 18.2 Å². The number of nitrogens with one attached hydrogen (secondary N) is 2. The average Bonchev–Trinajstić information content (AvgIpc) is 3.14. The van der Waals surface area contributed by atoms with Crippen molar-refractivity contribution in [2.24, 2.45) is 0 Å². The molecule has 2 aromatic heterocycles. The Kier molecular flexibility index (Phi) is 4.50. The van der Waals surface area contributed by atoms with Crippen molar-refractivity contribution in [2.45, 2.75) is 33.8 Å². The molecule has 0 fully saturated rings. The van der Waals surface area contributed by atoms with Crippen LogP contribution < -0.4 is 0 Å². The molecule has 0 saturated carbocycles. The summed E-state index contributed by atoms with van der Waals surface area (Å²) in [7, 11) is 0. The second-order valence-corrected chi connectivity index (χ2v) is 6.36. The summed E-state index contributed by atoms with van der Waals surface area (Å²) in [6, 6.07) is 9.16. The Labute approximate surface area is 150 Å². The van der Waals surface area contributed by atoms with Crippen molar-refractivity contribution in [1.29, 1.82) is 0 Å². The van der Waals surface area contributed by atoms with Gasteiger partial charge in [-0.05, 0) is 45.4 Å². The topological polar surface area (TPSA) is 92.0 Å². The highest BCUT2D eigenvalue weighted by atomic mass is 16.5. The quantitative estimate of drug-likeness (QED) is 0.540. The summed E-state index contributed by atoms with van der Waals surface area (Å²) < 4.78 is 5.32. The monoisotopic (exact) mass is 352 g/mol. The van der Waals surface area contributed by atoms with Crippen LogP contribution in [0.15, 0.2) is 30.3 Å². The Bertz CT molecular complexity index is 993. The van der Waals surface area contributed by atoms with Crippen LogP contribution in [-0.4, -0.2) is 33.6 Å². The summed E-state index contributed by atoms with van der Waals surface area (Å²) in [6.07, 6.45) is -0.981. The lowest BCUT2D eigenvalue weighted by atomic mass is 10.0. The van der Waals surface area contributed by atoms with Crippen molar-refractivity contribution in [3.8, 4) is 0 Å². The fraction of sp³-hybridized carbons (Fsp3) is 0.250. The molecule has 0 bridgehead atoms. The summed E-state index contributed by atoms with van der Waals surface area (Å²) in [6.45, 7) is 6.42. The number of hydrogen-bond acceptors (Lipinski definition) is 4. The van der Waals surface area contributed by atoms with E-state index in [0.29, 0.717) is 22.5 Å². The highest BCUT2D eigenvalue weighted by Gasteiger charge is 2.26. The number of Topliss-reactive ketones (excluding diaryl/α,β-unsaturated/α-hetero) is 2. The molecule has 3 rings (SSSR count). The molecule has 1 aromatic carbocycles. The number of ether oxygens (including phenoxy) is 1. The lowest BCUT2D eigenvalue weighted by molar-refractivity contribution is 0.0312. The van der Waals surface area contributed by atoms with Gasteiger partial charge in [-0.15, -0.1) is 0 Å². The Morgan fingerprint density at radius 2 is 1.77 bits per heavy atom. The van der Waals surface area contributed by atoms with E-state index in [2.05, 4.69) is 9.97 Å². The van der Waals surface area contributed by atoms with Crippen molar-refractivity contribution in [2.75, 3.05) is 0 Å². The minimum atomic E-state index is -0.981. The third-order valence-corrected chi connectivity index (χ3v) is 4.44. The summed E-state index contributed by atoms with van der Waals surface area (Å²) >= 11 is 0. The molecule has 0 saturated heterocycles. The molecular weight excluding hydrogens is 332 g/mol. The van der Waals surface area contributed by atoms with Gasteiger partial charge in [-0.2, -0.15) is 0 Å². The first-order valence-corrected chi connectivity index (χ1v) is 8.32. The number of H-pyrrole nitrogens is 2. The molecular formula is C20H20N2O4. The molecule has 1 unspecified atom stereocenters. The van der Waals surface area contributed by atoms with Gasteiger partial charge in [0, 0.05) is 22.2 Å². The van der Waals surface area contributed by atoms with Crippen molar-refractivity contribution >= 4 is 28.4 Å². The third-order valence-electron chi connectivity index (χ3n) is 4.44. The van der Waals surface area contributed by atoms with Crippen LogP contribution in [0, 0.1) is 13.8 Å². The standard InChI is InChI=1S/C20H20N2O4/c1-10-17(12(3)23)11(2)21-18(10)19(24)13(4)26-20(25)16-9-14-7-5-6-8-15(14)22-16/h5-9,13,21-22H,1-4H3. The Morgan fingerprint density at radius 1 is 1.08 bits per heavy atom. The molecule has 0 aliphatic carbocycles. The number of carbonyl (C=O) groups is 3. The molecule has 0 aliphatic rings. The minimum Gasteiger partial charge on any atom is -0.450 e. The lowest BCUT2D eigenvalue weighted by Crippen LogP contribution is -2.25. The molecule has 2 heterocycles. The number of aromatic amines is 2. The van der Waals surface area contributed by atoms with Crippen LogP contribution in [0.3, 0.4) is 0 Å². The van der Waals surface area contributed by atoms with Gasteiger partial charge in [-0.25, -0.2) is 4.79 Å². The summed E-state index contributed by atoms with van der Waals surface area (Å²) in [5.74, 6) is -1.09.